The molecule has 8 rings (SSSR count). The Hall–Kier alpha value is -10.4. The molecule has 87 heavy (non-hydrogen) atoms. The van der Waals surface area contributed by atoms with Gasteiger partial charge in [-0.3, -0.25) is 4.79 Å². The van der Waals surface area contributed by atoms with Crippen LogP contribution in [0.15, 0.2) is 176 Å². The van der Waals surface area contributed by atoms with Crippen LogP contribution in [0.2, 0.25) is 0 Å². The average Bonchev–Trinajstić information content (AvgIpc) is 4.10. The van der Waals surface area contributed by atoms with Crippen molar-refractivity contribution < 1.29 is 52.8 Å². The van der Waals surface area contributed by atoms with Crippen LogP contribution in [0.1, 0.15) is 71.7 Å². The Morgan fingerprint density at radius 2 is 1.01 bits per heavy atom. The van der Waals surface area contributed by atoms with Crippen LogP contribution >= 0.6 is 0 Å². The molecule has 0 radical (unpaired) electrons. The highest BCUT2D eigenvalue weighted by molar-refractivity contribution is 5.85. The molecule has 1 heterocycles. The highest BCUT2D eigenvalue weighted by atomic mass is 16.5. The number of likely N-dealkylation sites (tertiary alicyclic amines) is 1. The van der Waals surface area contributed by atoms with E-state index in [9.17, 15) is 33.9 Å². The van der Waals surface area contributed by atoms with Crippen LogP contribution in [-0.4, -0.2) is 91.4 Å². The molecule has 3 atom stereocenters. The van der Waals surface area contributed by atoms with Crippen molar-refractivity contribution in [2.45, 2.75) is 83.9 Å². The number of carbonyl (C=O) groups is 6. The number of phenols is 1. The third-order valence-corrected chi connectivity index (χ3v) is 13.5. The maximum absolute atomic E-state index is 12.7. The molecule has 21 heteroatoms. The van der Waals surface area contributed by atoms with Gasteiger partial charge in [0.15, 0.2) is 0 Å². The summed E-state index contributed by atoms with van der Waals surface area (Å²) >= 11 is 0. The number of benzene rings is 7. The fourth-order valence-electron chi connectivity index (χ4n) is 9.05. The molecule has 13 N–H and O–H groups in total. The van der Waals surface area contributed by atoms with E-state index in [1.54, 1.807) is 75.6 Å². The first kappa shape index (κ1) is 65.7. The van der Waals surface area contributed by atoms with E-state index in [2.05, 4.69) is 31.9 Å². The number of esters is 2. The van der Waals surface area contributed by atoms with Gasteiger partial charge in [-0.15, -0.1) is 0 Å². The van der Waals surface area contributed by atoms with Crippen molar-refractivity contribution in [1.82, 2.24) is 36.8 Å². The second kappa shape index (κ2) is 35.0. The molecule has 458 valence electrons. The van der Waals surface area contributed by atoms with Crippen LogP contribution in [0.4, 0.5) is 31.4 Å². The second-order valence-corrected chi connectivity index (χ2v) is 20.0. The van der Waals surface area contributed by atoms with Gasteiger partial charge in [0.1, 0.15) is 35.9 Å². The summed E-state index contributed by atoms with van der Waals surface area (Å²) in [6.45, 7) is 5.92. The molecule has 1 aliphatic rings. The Bertz CT molecular complexity index is 3300. The third kappa shape index (κ3) is 22.9. The number of carbonyl (C=O) groups excluding carboxylic acids is 6. The molecule has 0 spiro atoms. The summed E-state index contributed by atoms with van der Waals surface area (Å²) in [6.07, 6.45) is 2.30. The van der Waals surface area contributed by atoms with Gasteiger partial charge in [-0.25, -0.2) is 24.0 Å². The van der Waals surface area contributed by atoms with E-state index in [0.717, 1.165) is 52.0 Å². The number of methoxy groups -OCH3 is 1. The number of amides is 7. The van der Waals surface area contributed by atoms with Crippen molar-refractivity contribution in [2.24, 2.45) is 0 Å². The average molecular weight is 1190 g/mol. The van der Waals surface area contributed by atoms with Crippen molar-refractivity contribution in [3.63, 3.8) is 0 Å². The van der Waals surface area contributed by atoms with E-state index in [0.29, 0.717) is 61.2 Å². The number of nitrogens with zero attached hydrogens (tertiary/aromatic N) is 1. The number of rotatable bonds is 23. The van der Waals surface area contributed by atoms with Crippen molar-refractivity contribution >= 4 is 53.0 Å². The van der Waals surface area contributed by atoms with Crippen LogP contribution in [0, 0.1) is 0 Å². The van der Waals surface area contributed by atoms with Crippen LogP contribution in [0.25, 0.3) is 0 Å². The molecule has 0 aliphatic carbocycles. The van der Waals surface area contributed by atoms with Gasteiger partial charge in [0.2, 0.25) is 5.91 Å². The predicted octanol–water partition coefficient (Wildman–Crippen LogP) is 8.21. The normalized spacial score (nSPS) is 12.8. The van der Waals surface area contributed by atoms with Crippen molar-refractivity contribution in [1.29, 1.82) is 0 Å². The fourth-order valence-corrected chi connectivity index (χ4v) is 9.05. The Balaban J connectivity index is 0.000000210. The van der Waals surface area contributed by atoms with E-state index in [1.807, 2.05) is 120 Å². The van der Waals surface area contributed by atoms with E-state index in [1.165, 1.54) is 6.07 Å². The Morgan fingerprint density at radius 1 is 0.540 bits per heavy atom. The molecule has 0 aromatic heterocycles. The van der Waals surface area contributed by atoms with Crippen LogP contribution in [0.3, 0.4) is 0 Å². The molecule has 3 unspecified atom stereocenters. The molecular weight excluding hydrogens is 1110 g/mol. The topological polar surface area (TPSA) is 313 Å². The first-order valence-electron chi connectivity index (χ1n) is 28.5. The minimum absolute atomic E-state index is 0.0247. The number of hydrogen-bond acceptors (Lipinski definition) is 14. The van der Waals surface area contributed by atoms with Gasteiger partial charge in [-0.05, 0) is 127 Å². The van der Waals surface area contributed by atoms with Gasteiger partial charge < -0.3 is 78.1 Å². The molecule has 1 saturated heterocycles. The van der Waals surface area contributed by atoms with E-state index in [-0.39, 0.29) is 56.3 Å². The Morgan fingerprint density at radius 3 is 1.52 bits per heavy atom. The van der Waals surface area contributed by atoms with Gasteiger partial charge in [-0.1, -0.05) is 109 Å². The number of hydrogen-bond donors (Lipinski definition) is 10. The number of ether oxygens (including phenoxy) is 4. The first-order chi connectivity index (χ1) is 42.1. The number of nitrogens with one attached hydrogen (secondary N) is 6. The summed E-state index contributed by atoms with van der Waals surface area (Å²) in [5.74, 6) is 0.441. The van der Waals surface area contributed by atoms with Crippen LogP contribution < -0.4 is 58.6 Å². The summed E-state index contributed by atoms with van der Waals surface area (Å²) < 4.78 is 21.5. The smallest absolute Gasteiger partial charge is 0.329 e. The van der Waals surface area contributed by atoms with Gasteiger partial charge in [0, 0.05) is 61.6 Å². The molecule has 1 fully saturated rings. The maximum Gasteiger partial charge on any atom is 0.329 e. The fraction of sp³-hybridized carbons (Fsp3) is 0.273. The molecule has 7 amide bonds. The van der Waals surface area contributed by atoms with Gasteiger partial charge >= 0.3 is 30.0 Å². The summed E-state index contributed by atoms with van der Waals surface area (Å²) in [5.41, 5.74) is 25.3. The lowest BCUT2D eigenvalue weighted by Gasteiger charge is -2.26. The number of aromatic hydroxyl groups is 1. The van der Waals surface area contributed by atoms with Crippen LogP contribution in [0.5, 0.6) is 17.2 Å². The van der Waals surface area contributed by atoms with Crippen molar-refractivity contribution in [3.8, 4) is 17.2 Å². The van der Waals surface area contributed by atoms with Crippen LogP contribution in [-0.2, 0) is 62.9 Å². The van der Waals surface area contributed by atoms with Gasteiger partial charge in [-0.2, -0.15) is 0 Å². The number of para-hydroxylation sites is 1. The molecule has 0 saturated carbocycles. The third-order valence-electron chi connectivity index (χ3n) is 13.5. The lowest BCUT2D eigenvalue weighted by Crippen LogP contribution is -2.47. The van der Waals surface area contributed by atoms with Gasteiger partial charge in [0.25, 0.3) is 0 Å². The monoisotopic (exact) mass is 1190 g/mol. The Kier molecular flexibility index (Phi) is 26.4. The zero-order valence-corrected chi connectivity index (χ0v) is 49.2. The minimum Gasteiger partial charge on any atom is -0.508 e. The number of nitrogen functional groups attached to an aromatic ring is 3. The van der Waals surface area contributed by atoms with Gasteiger partial charge in [0.05, 0.1) is 32.9 Å². The van der Waals surface area contributed by atoms with Crippen molar-refractivity contribution in [2.75, 3.05) is 50.6 Å². The number of nitrogens with two attached hydrogens (primary N) is 3. The number of phenolic OH excluding ortho intramolecular Hbond substituents is 1. The molecule has 21 nitrogen and oxygen atoms in total. The summed E-state index contributed by atoms with van der Waals surface area (Å²) in [7, 11) is 1.63. The highest BCUT2D eigenvalue weighted by Gasteiger charge is 2.32. The molecule has 7 aromatic carbocycles. The predicted molar refractivity (Wildman–Crippen MR) is 334 cm³/mol. The lowest BCUT2D eigenvalue weighted by molar-refractivity contribution is -0.146. The molecule has 1 aliphatic heterocycles. The van der Waals surface area contributed by atoms with E-state index < -0.39 is 36.1 Å². The molecular formula is C66H78N10O11. The Labute approximate surface area is 507 Å². The SMILES string of the molecule is CCOC(=O)C(Cc1cccc(O)c1)NC(=O)NCc1ccc(N)cc1.CCOC(=O)C(Cc1cccc(OCc2ccccc2)c1)NC(=O)NCc1ccc(N)cc1.COc1ccccc1C1CCCN1C(=O)CNC(=O)NCc1ccc(N)cc1. The van der Waals surface area contributed by atoms with E-state index >= 15 is 0 Å². The zero-order valence-electron chi connectivity index (χ0n) is 49.2. The largest absolute Gasteiger partial charge is 0.508 e. The van der Waals surface area contributed by atoms with E-state index in [4.69, 9.17) is 36.1 Å². The number of anilines is 3. The first-order valence-corrected chi connectivity index (χ1v) is 28.5. The quantitative estimate of drug-likeness (QED) is 0.0213. The van der Waals surface area contributed by atoms with Crippen molar-refractivity contribution in [3.05, 3.63) is 215 Å². The summed E-state index contributed by atoms with van der Waals surface area (Å²) in [4.78, 5) is 75.7. The standard InChI is InChI=1S/C26H29N3O4.C21H26N4O3.C19H23N3O4/c1-2-32-25(30)24(29-26(31)28-17-19-11-13-22(27)14-12-19)16-21-9-6-10-23(15-21)33-18-20-7-4-3-5-8-20;1-28-19-7-3-2-5-17(19)18-6-4-12-25(18)20(26)14-24-21(27)23-13-15-8-10-16(22)11-9-15;1-2-26-18(24)17(11-14-4-3-5-16(23)10-14)22-19(25)21-12-13-6-8-15(20)9-7-13/h3-15,24H,2,16-18,27H2,1H3,(H2,28,29,31);2-3,5,7-11,18H,4,6,12-14,22H2,1H3,(H2,23,24,27);3-10,17,23H,2,11-12,20H2,1H3,(H2,21,22,25). The summed E-state index contributed by atoms with van der Waals surface area (Å²) in [6, 6.07) is 50.1. The highest BCUT2D eigenvalue weighted by Crippen LogP contribution is 2.37. The number of urea groups is 3. The summed E-state index contributed by atoms with van der Waals surface area (Å²) in [5, 5.41) is 25.7. The molecule has 7 aromatic rings. The zero-order chi connectivity index (χ0) is 62.3. The second-order valence-electron chi connectivity index (χ2n) is 20.0. The lowest BCUT2D eigenvalue weighted by atomic mass is 10.0. The maximum atomic E-state index is 12.7. The molecule has 0 bridgehead atoms. The minimum atomic E-state index is -0.858.